The molecule has 4 heteroatoms. The van der Waals surface area contributed by atoms with Gasteiger partial charge in [-0.2, -0.15) is 0 Å². The quantitative estimate of drug-likeness (QED) is 0.886. The molecule has 0 amide bonds. The van der Waals surface area contributed by atoms with Crippen molar-refractivity contribution in [3.63, 3.8) is 0 Å². The Hall–Kier alpha value is -1.91. The second kappa shape index (κ2) is 6.70. The van der Waals surface area contributed by atoms with E-state index in [9.17, 15) is 0 Å². The second-order valence-corrected chi connectivity index (χ2v) is 6.01. The van der Waals surface area contributed by atoms with Crippen molar-refractivity contribution in [1.29, 1.82) is 0 Å². The number of aromatic nitrogens is 1. The monoisotopic (exact) mass is 286 g/mol. The van der Waals surface area contributed by atoms with Gasteiger partial charge in [-0.1, -0.05) is 18.2 Å². The lowest BCUT2D eigenvalue weighted by molar-refractivity contribution is 0.281. The largest absolute Gasteiger partial charge is 0.439 e. The highest BCUT2D eigenvalue weighted by atomic mass is 16.5. The van der Waals surface area contributed by atoms with Crippen molar-refractivity contribution >= 4 is 0 Å². The predicted molar refractivity (Wildman–Crippen MR) is 83.3 cm³/mol. The Labute approximate surface area is 125 Å². The summed E-state index contributed by atoms with van der Waals surface area (Å²) in [5.74, 6) is 1.27. The minimum atomic E-state index is 0.0357. The zero-order valence-corrected chi connectivity index (χ0v) is 12.8. The first-order valence-corrected chi connectivity index (χ1v) is 7.04. The van der Waals surface area contributed by atoms with Gasteiger partial charge in [0.2, 0.25) is 5.88 Å². The molecule has 2 rings (SSSR count). The normalized spacial score (nSPS) is 11.4. The molecule has 0 aliphatic rings. The van der Waals surface area contributed by atoms with Crippen molar-refractivity contribution in [3.8, 4) is 11.6 Å². The molecule has 1 heterocycles. The van der Waals surface area contributed by atoms with Crippen molar-refractivity contribution in [2.45, 2.75) is 39.5 Å². The van der Waals surface area contributed by atoms with Crippen LogP contribution in [-0.2, 0) is 13.2 Å². The molecule has 21 heavy (non-hydrogen) atoms. The maximum atomic E-state index is 9.00. The molecule has 0 aliphatic heterocycles. The first-order chi connectivity index (χ1) is 9.96. The van der Waals surface area contributed by atoms with E-state index in [2.05, 4.69) is 31.1 Å². The zero-order valence-electron chi connectivity index (χ0n) is 12.8. The molecule has 0 saturated heterocycles. The molecule has 1 aromatic carbocycles. The molecule has 2 aromatic rings. The fraction of sp³-hybridized carbons (Fsp3) is 0.353. The lowest BCUT2D eigenvalue weighted by atomic mass is 10.1. The van der Waals surface area contributed by atoms with Gasteiger partial charge < -0.3 is 15.2 Å². The van der Waals surface area contributed by atoms with Crippen molar-refractivity contribution in [1.82, 2.24) is 10.3 Å². The molecule has 1 aromatic heterocycles. The van der Waals surface area contributed by atoms with E-state index in [4.69, 9.17) is 9.84 Å². The van der Waals surface area contributed by atoms with Crippen molar-refractivity contribution in [3.05, 3.63) is 53.7 Å². The highest BCUT2D eigenvalue weighted by Crippen LogP contribution is 2.20. The Bertz CT molecular complexity index is 557. The van der Waals surface area contributed by atoms with Gasteiger partial charge in [-0.15, -0.1) is 0 Å². The first kappa shape index (κ1) is 15.5. The number of pyridine rings is 1. The van der Waals surface area contributed by atoms with E-state index in [-0.39, 0.29) is 12.1 Å². The van der Waals surface area contributed by atoms with Crippen LogP contribution >= 0.6 is 0 Å². The average Bonchev–Trinajstić information content (AvgIpc) is 2.46. The SMILES string of the molecule is CC(C)(C)NCc1ccc(Oc2ccc(CO)cc2)nc1. The summed E-state index contributed by atoms with van der Waals surface area (Å²) < 4.78 is 5.67. The van der Waals surface area contributed by atoms with Crippen LogP contribution in [0, 0.1) is 0 Å². The van der Waals surface area contributed by atoms with Gasteiger partial charge in [-0.05, 0) is 44.0 Å². The van der Waals surface area contributed by atoms with Gasteiger partial charge in [-0.3, -0.25) is 0 Å². The molecule has 0 atom stereocenters. The summed E-state index contributed by atoms with van der Waals surface area (Å²) >= 11 is 0. The van der Waals surface area contributed by atoms with E-state index in [0.717, 1.165) is 17.7 Å². The summed E-state index contributed by atoms with van der Waals surface area (Å²) in [6.45, 7) is 7.21. The molecular weight excluding hydrogens is 264 g/mol. The molecule has 0 bridgehead atoms. The Morgan fingerprint density at radius 1 is 1.05 bits per heavy atom. The van der Waals surface area contributed by atoms with Gasteiger partial charge >= 0.3 is 0 Å². The molecule has 0 aliphatic carbocycles. The third-order valence-electron chi connectivity index (χ3n) is 2.95. The van der Waals surface area contributed by atoms with Crippen molar-refractivity contribution < 1.29 is 9.84 Å². The van der Waals surface area contributed by atoms with Crippen LogP contribution in [0.4, 0.5) is 0 Å². The van der Waals surface area contributed by atoms with Crippen LogP contribution < -0.4 is 10.1 Å². The number of benzene rings is 1. The molecule has 4 nitrogen and oxygen atoms in total. The summed E-state index contributed by atoms with van der Waals surface area (Å²) in [5.41, 5.74) is 2.07. The second-order valence-electron chi connectivity index (χ2n) is 6.01. The minimum absolute atomic E-state index is 0.0357. The number of hydrogen-bond donors (Lipinski definition) is 2. The Balaban J connectivity index is 1.95. The number of aliphatic hydroxyl groups excluding tert-OH is 1. The number of nitrogens with one attached hydrogen (secondary N) is 1. The smallest absolute Gasteiger partial charge is 0.219 e. The zero-order chi connectivity index (χ0) is 15.3. The lowest BCUT2D eigenvalue weighted by Crippen LogP contribution is -2.35. The van der Waals surface area contributed by atoms with Crippen LogP contribution in [0.1, 0.15) is 31.9 Å². The van der Waals surface area contributed by atoms with Crippen molar-refractivity contribution in [2.75, 3.05) is 0 Å². The topological polar surface area (TPSA) is 54.4 Å². The first-order valence-electron chi connectivity index (χ1n) is 7.04. The Morgan fingerprint density at radius 2 is 1.71 bits per heavy atom. The average molecular weight is 286 g/mol. The third kappa shape index (κ3) is 5.17. The third-order valence-corrected chi connectivity index (χ3v) is 2.95. The molecule has 0 radical (unpaired) electrons. The van der Waals surface area contributed by atoms with Gasteiger partial charge in [-0.25, -0.2) is 4.98 Å². The number of ether oxygens (including phenoxy) is 1. The molecule has 0 spiro atoms. The van der Waals surface area contributed by atoms with Gasteiger partial charge in [0.25, 0.3) is 0 Å². The summed E-state index contributed by atoms with van der Waals surface area (Å²) in [4.78, 5) is 4.31. The maximum absolute atomic E-state index is 9.00. The number of aliphatic hydroxyl groups is 1. The highest BCUT2D eigenvalue weighted by molar-refractivity contribution is 5.30. The van der Waals surface area contributed by atoms with E-state index < -0.39 is 0 Å². The summed E-state index contributed by atoms with van der Waals surface area (Å²) in [6.07, 6.45) is 1.82. The number of nitrogens with zero attached hydrogens (tertiary/aromatic N) is 1. The van der Waals surface area contributed by atoms with Crippen LogP contribution in [-0.4, -0.2) is 15.6 Å². The number of rotatable bonds is 5. The lowest BCUT2D eigenvalue weighted by Gasteiger charge is -2.20. The van der Waals surface area contributed by atoms with Gasteiger partial charge in [0.15, 0.2) is 0 Å². The fourth-order valence-corrected chi connectivity index (χ4v) is 1.73. The van der Waals surface area contributed by atoms with E-state index >= 15 is 0 Å². The molecular formula is C17H22N2O2. The molecule has 2 N–H and O–H groups in total. The van der Waals surface area contributed by atoms with E-state index in [1.54, 1.807) is 0 Å². The van der Waals surface area contributed by atoms with Crippen LogP contribution in [0.25, 0.3) is 0 Å². The fourth-order valence-electron chi connectivity index (χ4n) is 1.73. The van der Waals surface area contributed by atoms with Crippen LogP contribution in [0.5, 0.6) is 11.6 Å². The summed E-state index contributed by atoms with van der Waals surface area (Å²) in [5, 5.41) is 12.4. The van der Waals surface area contributed by atoms with Gasteiger partial charge in [0.1, 0.15) is 5.75 Å². The minimum Gasteiger partial charge on any atom is -0.439 e. The molecule has 0 fully saturated rings. The van der Waals surface area contributed by atoms with Gasteiger partial charge in [0.05, 0.1) is 6.61 Å². The molecule has 0 saturated carbocycles. The van der Waals surface area contributed by atoms with E-state index in [0.29, 0.717) is 11.6 Å². The Morgan fingerprint density at radius 3 is 2.24 bits per heavy atom. The van der Waals surface area contributed by atoms with E-state index in [1.807, 2.05) is 42.6 Å². The van der Waals surface area contributed by atoms with Crippen LogP contribution in [0.15, 0.2) is 42.6 Å². The highest BCUT2D eigenvalue weighted by Gasteiger charge is 2.08. The maximum Gasteiger partial charge on any atom is 0.219 e. The Kier molecular flexibility index (Phi) is 4.94. The predicted octanol–water partition coefficient (Wildman–Crippen LogP) is 3.25. The summed E-state index contributed by atoms with van der Waals surface area (Å²) in [7, 11) is 0. The standard InChI is InChI=1S/C17H22N2O2/c1-17(2,3)19-11-14-6-9-16(18-10-14)21-15-7-4-13(12-20)5-8-15/h4-10,19-20H,11-12H2,1-3H3. The molecule has 0 unspecified atom stereocenters. The van der Waals surface area contributed by atoms with Gasteiger partial charge in [0, 0.05) is 24.3 Å². The van der Waals surface area contributed by atoms with Crippen LogP contribution in [0.2, 0.25) is 0 Å². The summed E-state index contributed by atoms with van der Waals surface area (Å²) in [6, 6.07) is 11.2. The van der Waals surface area contributed by atoms with Crippen LogP contribution in [0.3, 0.4) is 0 Å². The molecule has 112 valence electrons. The van der Waals surface area contributed by atoms with Crippen molar-refractivity contribution in [2.24, 2.45) is 0 Å². The van der Waals surface area contributed by atoms with E-state index in [1.165, 1.54) is 0 Å². The number of hydrogen-bond acceptors (Lipinski definition) is 4.